The first-order valence-corrected chi connectivity index (χ1v) is 23.0. The number of aliphatic hydroxyl groups excluding tert-OH is 17. The minimum absolute atomic E-state index is 0.760. The first-order valence-electron chi connectivity index (χ1n) is 23.0. The van der Waals surface area contributed by atoms with Crippen molar-refractivity contribution in [3.05, 3.63) is 0 Å². The van der Waals surface area contributed by atoms with E-state index in [1.165, 1.54) is 6.92 Å². The Bertz CT molecular complexity index is 1730. The van der Waals surface area contributed by atoms with Gasteiger partial charge in [-0.2, -0.15) is 0 Å². The molecule has 0 unspecified atom stereocenters. The lowest BCUT2D eigenvalue weighted by Crippen LogP contribution is -2.71. The maximum Gasteiger partial charge on any atom is 0.217 e. The average molecular weight is 1060 g/mol. The van der Waals surface area contributed by atoms with E-state index in [2.05, 4.69) is 10.6 Å². The first kappa shape index (κ1) is 59.1. The van der Waals surface area contributed by atoms with E-state index >= 15 is 0 Å². The number of aliphatic hydroxyl groups is 17. The zero-order chi connectivity index (χ0) is 53.2. The third-order valence-electron chi connectivity index (χ3n) is 13.2. The molecule has 6 aliphatic heterocycles. The molecule has 0 aromatic rings. The van der Waals surface area contributed by atoms with Gasteiger partial charge < -0.3 is 150 Å². The Morgan fingerprint density at radius 1 is 0.389 bits per heavy atom. The van der Waals surface area contributed by atoms with Crippen molar-refractivity contribution >= 4 is 11.8 Å². The molecule has 0 saturated carbocycles. The van der Waals surface area contributed by atoms with Crippen LogP contribution in [0.5, 0.6) is 0 Å². The standard InChI is InChI=1S/C40H68N2O30/c1-9-19(49)24(54)28(58)38(63-9)71-33-18(42-11(3)48)37(68-15(7-46)32(33)70-40-30(60)26(56)21(51)13(5-44)66-40)72-34-27(57)22(52)16(64-35(34)61)8-62-36-17(41-10(2)47)23(53)31(14(6-45)67-36)69-39-29(59)25(55)20(50)12(4-43)65-39/h9,12-40,43-46,49-61H,4-8H2,1-3H3,(H,41,47)(H,42,48)/t9-,12+,13+,14+,15+,16+,17+,18+,19+,20-,21-,22+,23+,24+,25-,26-,27-,28-,29+,30+,31+,32+,33+,34-,35-,36+,37-,38-,39-,40-/m0/s1. The quantitative estimate of drug-likeness (QED) is 0.0643. The van der Waals surface area contributed by atoms with Crippen LogP contribution in [0.25, 0.3) is 0 Å². The zero-order valence-electron chi connectivity index (χ0n) is 38.8. The summed E-state index contributed by atoms with van der Waals surface area (Å²) >= 11 is 0. The number of hydrogen-bond donors (Lipinski definition) is 19. The number of amides is 2. The highest BCUT2D eigenvalue weighted by atomic mass is 16.8. The predicted octanol–water partition coefficient (Wildman–Crippen LogP) is -12.8. The third-order valence-corrected chi connectivity index (χ3v) is 13.2. The predicted molar refractivity (Wildman–Crippen MR) is 221 cm³/mol. The fraction of sp³-hybridized carbons (Fsp3) is 0.950. The van der Waals surface area contributed by atoms with E-state index in [-0.39, 0.29) is 0 Å². The molecule has 0 spiro atoms. The molecular weight excluding hydrogens is 988 g/mol. The average Bonchev–Trinajstić information content (AvgIpc) is 3.34. The lowest BCUT2D eigenvalue weighted by atomic mass is 9.93. The van der Waals surface area contributed by atoms with Crippen LogP contribution >= 0.6 is 0 Å². The van der Waals surface area contributed by atoms with E-state index in [1.807, 2.05) is 0 Å². The lowest BCUT2D eigenvalue weighted by Gasteiger charge is -2.51. The van der Waals surface area contributed by atoms with Gasteiger partial charge in [0.2, 0.25) is 11.8 Å². The van der Waals surface area contributed by atoms with Crippen molar-refractivity contribution in [3.63, 3.8) is 0 Å². The molecule has 0 aromatic carbocycles. The summed E-state index contributed by atoms with van der Waals surface area (Å²) in [7, 11) is 0. The molecule has 418 valence electrons. The van der Waals surface area contributed by atoms with Crippen LogP contribution < -0.4 is 10.6 Å². The fourth-order valence-corrected chi connectivity index (χ4v) is 9.15. The van der Waals surface area contributed by atoms with Crippen molar-refractivity contribution in [2.24, 2.45) is 0 Å². The second-order valence-electron chi connectivity index (χ2n) is 18.3. The van der Waals surface area contributed by atoms with Crippen LogP contribution in [0.1, 0.15) is 20.8 Å². The summed E-state index contributed by atoms with van der Waals surface area (Å²) in [6, 6.07) is -3.35. The van der Waals surface area contributed by atoms with Gasteiger partial charge in [0.15, 0.2) is 37.7 Å². The smallest absolute Gasteiger partial charge is 0.217 e. The molecule has 6 fully saturated rings. The summed E-state index contributed by atoms with van der Waals surface area (Å²) in [6.45, 7) is -1.12. The summed E-state index contributed by atoms with van der Waals surface area (Å²) in [4.78, 5) is 25.1. The van der Waals surface area contributed by atoms with E-state index in [0.29, 0.717) is 0 Å². The minimum Gasteiger partial charge on any atom is -0.394 e. The van der Waals surface area contributed by atoms with Crippen LogP contribution in [-0.4, -0.2) is 316 Å². The van der Waals surface area contributed by atoms with Crippen LogP contribution in [0.4, 0.5) is 0 Å². The van der Waals surface area contributed by atoms with Crippen molar-refractivity contribution in [1.82, 2.24) is 10.6 Å². The molecule has 6 aliphatic rings. The molecule has 0 bridgehead atoms. The maximum atomic E-state index is 12.8. The maximum absolute atomic E-state index is 12.8. The zero-order valence-corrected chi connectivity index (χ0v) is 38.8. The molecule has 2 amide bonds. The van der Waals surface area contributed by atoms with Gasteiger partial charge in [0.05, 0.1) is 39.1 Å². The van der Waals surface area contributed by atoms with Crippen LogP contribution in [-0.2, 0) is 61.7 Å². The Hall–Kier alpha value is -2.18. The highest BCUT2D eigenvalue weighted by molar-refractivity contribution is 5.73. The van der Waals surface area contributed by atoms with Crippen LogP contribution in [0.15, 0.2) is 0 Å². The number of ether oxygens (including phenoxy) is 11. The Kier molecular flexibility index (Phi) is 20.8. The molecule has 6 rings (SSSR count). The van der Waals surface area contributed by atoms with Crippen molar-refractivity contribution in [2.75, 3.05) is 33.0 Å². The van der Waals surface area contributed by atoms with E-state index in [0.717, 1.165) is 13.8 Å². The molecule has 19 N–H and O–H groups in total. The number of nitrogens with one attached hydrogen (secondary N) is 2. The van der Waals surface area contributed by atoms with Gasteiger partial charge in [0, 0.05) is 13.8 Å². The molecule has 32 nitrogen and oxygen atoms in total. The molecular formula is C40H68N2O30. The fourth-order valence-electron chi connectivity index (χ4n) is 9.15. The highest BCUT2D eigenvalue weighted by Crippen LogP contribution is 2.37. The molecule has 6 heterocycles. The van der Waals surface area contributed by atoms with E-state index in [4.69, 9.17) is 52.1 Å². The summed E-state index contributed by atoms with van der Waals surface area (Å²) < 4.78 is 63.2. The first-order chi connectivity index (χ1) is 34.0. The number of rotatable bonds is 17. The second kappa shape index (κ2) is 25.3. The van der Waals surface area contributed by atoms with Gasteiger partial charge in [0.25, 0.3) is 0 Å². The van der Waals surface area contributed by atoms with Gasteiger partial charge in [-0.3, -0.25) is 9.59 Å². The topological polar surface area (TPSA) is 504 Å². The largest absolute Gasteiger partial charge is 0.394 e. The van der Waals surface area contributed by atoms with Crippen molar-refractivity contribution in [2.45, 2.75) is 205 Å². The Labute approximate surface area is 408 Å². The minimum atomic E-state index is -2.24. The van der Waals surface area contributed by atoms with Gasteiger partial charge in [-0.1, -0.05) is 0 Å². The van der Waals surface area contributed by atoms with E-state index < -0.39 is 229 Å². The van der Waals surface area contributed by atoms with Gasteiger partial charge in [-0.15, -0.1) is 0 Å². The summed E-state index contributed by atoms with van der Waals surface area (Å²) in [5.41, 5.74) is 0. The Morgan fingerprint density at radius 3 is 1.31 bits per heavy atom. The molecule has 0 radical (unpaired) electrons. The number of carbonyl (C=O) groups excluding carboxylic acids is 2. The molecule has 32 heteroatoms. The summed E-state index contributed by atoms with van der Waals surface area (Å²) in [5.74, 6) is -1.61. The van der Waals surface area contributed by atoms with Crippen molar-refractivity contribution < 1.29 is 149 Å². The molecule has 72 heavy (non-hydrogen) atoms. The SMILES string of the molecule is CC(=O)N[C@H]1[C@H](OC[C@H]2O[C@H](O)[C@@H](O[C@@H]3O[C@H](CO)[C@@H](O[C@@H]4O[C@H](CO)[C@H](O)[C@H](O)[C@H]4O)[C@H](O[C@@H]4O[C@@H](C)[C@@H](O)[C@@H](O)[C@@H]4O)[C@H]3NC(C)=O)[C@@H](O)[C@@H]2O)O[C@H](CO)[C@@H](O[C@@H]2O[C@H](CO)[C@H](O)[C@H](O)[C@H]2O)[C@@H]1O. The Morgan fingerprint density at radius 2 is 0.792 bits per heavy atom. The summed E-state index contributed by atoms with van der Waals surface area (Å²) in [6.07, 6.45) is -51.2. The monoisotopic (exact) mass is 1060 g/mol. The lowest BCUT2D eigenvalue weighted by molar-refractivity contribution is -0.388. The third kappa shape index (κ3) is 12.6. The highest BCUT2D eigenvalue weighted by Gasteiger charge is 2.58. The number of carbonyl (C=O) groups is 2. The van der Waals surface area contributed by atoms with Crippen LogP contribution in [0.3, 0.4) is 0 Å². The van der Waals surface area contributed by atoms with E-state index in [9.17, 15) is 96.4 Å². The second-order valence-corrected chi connectivity index (χ2v) is 18.3. The van der Waals surface area contributed by atoms with Gasteiger partial charge >= 0.3 is 0 Å². The summed E-state index contributed by atoms with van der Waals surface area (Å²) in [5, 5.41) is 185. The molecule has 30 atom stereocenters. The van der Waals surface area contributed by atoms with Gasteiger partial charge in [-0.25, -0.2) is 0 Å². The van der Waals surface area contributed by atoms with E-state index in [1.54, 1.807) is 0 Å². The van der Waals surface area contributed by atoms with Crippen LogP contribution in [0, 0.1) is 0 Å². The van der Waals surface area contributed by atoms with Crippen molar-refractivity contribution in [1.29, 1.82) is 0 Å². The number of hydrogen-bond acceptors (Lipinski definition) is 30. The molecule has 0 aromatic heterocycles. The molecule has 0 aliphatic carbocycles. The normalized spacial score (nSPS) is 50.3. The molecule has 6 saturated heterocycles. The van der Waals surface area contributed by atoms with Crippen LogP contribution in [0.2, 0.25) is 0 Å². The van der Waals surface area contributed by atoms with Gasteiger partial charge in [0.1, 0.15) is 140 Å². The van der Waals surface area contributed by atoms with Crippen molar-refractivity contribution in [3.8, 4) is 0 Å². The van der Waals surface area contributed by atoms with Gasteiger partial charge in [-0.05, 0) is 6.92 Å². The Balaban J connectivity index is 1.20.